The van der Waals surface area contributed by atoms with Gasteiger partial charge < -0.3 is 15.8 Å². The van der Waals surface area contributed by atoms with Crippen LogP contribution in [0.5, 0.6) is 0 Å². The second kappa shape index (κ2) is 8.88. The molecule has 0 aromatic carbocycles. The lowest BCUT2D eigenvalue weighted by Gasteiger charge is -2.57. The lowest BCUT2D eigenvalue weighted by atomic mass is 9.55. The van der Waals surface area contributed by atoms with Crippen molar-refractivity contribution in [2.75, 3.05) is 13.2 Å². The maximum atomic E-state index is 12.2. The van der Waals surface area contributed by atoms with Gasteiger partial charge >= 0.3 is 0 Å². The molecule has 2 fully saturated rings. The van der Waals surface area contributed by atoms with Gasteiger partial charge in [0, 0.05) is 24.5 Å². The Bertz CT molecular complexity index is 340. The Labute approximate surface area is 135 Å². The topological polar surface area (TPSA) is 64.3 Å². The van der Waals surface area contributed by atoms with Gasteiger partial charge in [0.2, 0.25) is 5.91 Å². The number of rotatable bonds is 9. The summed E-state index contributed by atoms with van der Waals surface area (Å²) in [6.07, 6.45) is 12.7. The Hall–Kier alpha value is -0.610. The molecule has 1 spiro atoms. The minimum atomic E-state index is 0.234. The maximum absolute atomic E-state index is 12.2. The predicted molar refractivity (Wildman–Crippen MR) is 89.6 cm³/mol. The lowest BCUT2D eigenvalue weighted by molar-refractivity contribution is -0.157. The van der Waals surface area contributed by atoms with Crippen LogP contribution in [0.3, 0.4) is 0 Å². The molecule has 0 saturated heterocycles. The first-order valence-electron chi connectivity index (χ1n) is 9.34. The normalized spacial score (nSPS) is 26.6. The molecular formula is C18H34N2O2. The monoisotopic (exact) mass is 310 g/mol. The summed E-state index contributed by atoms with van der Waals surface area (Å²) < 4.78 is 5.95. The Morgan fingerprint density at radius 3 is 2.59 bits per heavy atom. The van der Waals surface area contributed by atoms with Crippen molar-refractivity contribution in [2.45, 2.75) is 89.7 Å². The van der Waals surface area contributed by atoms with Crippen molar-refractivity contribution in [3.05, 3.63) is 0 Å². The SMILES string of the molecule is CCOC1CC(NC(=O)CCCCCCN)C12CCCCC2. The molecule has 3 N–H and O–H groups in total. The zero-order valence-electron chi connectivity index (χ0n) is 14.2. The largest absolute Gasteiger partial charge is 0.378 e. The van der Waals surface area contributed by atoms with Gasteiger partial charge in [-0.05, 0) is 45.6 Å². The fraction of sp³-hybridized carbons (Fsp3) is 0.944. The highest BCUT2D eigenvalue weighted by atomic mass is 16.5. The zero-order chi connectivity index (χ0) is 15.8. The molecule has 0 aromatic heterocycles. The van der Waals surface area contributed by atoms with Gasteiger partial charge in [0.05, 0.1) is 6.10 Å². The number of nitrogens with two attached hydrogens (primary N) is 1. The summed E-state index contributed by atoms with van der Waals surface area (Å²) in [6, 6.07) is 0.348. The Kier molecular flexibility index (Phi) is 7.16. The van der Waals surface area contributed by atoms with Crippen LogP contribution in [0.4, 0.5) is 0 Å². The van der Waals surface area contributed by atoms with Crippen LogP contribution in [0.25, 0.3) is 0 Å². The Morgan fingerprint density at radius 1 is 1.18 bits per heavy atom. The fourth-order valence-electron chi connectivity index (χ4n) is 4.32. The predicted octanol–water partition coefficient (Wildman–Crippen LogP) is 3.14. The van der Waals surface area contributed by atoms with Gasteiger partial charge in [0.1, 0.15) is 0 Å². The van der Waals surface area contributed by atoms with Gasteiger partial charge in [-0.2, -0.15) is 0 Å². The summed E-state index contributed by atoms with van der Waals surface area (Å²) in [6.45, 7) is 3.62. The van der Waals surface area contributed by atoms with Gasteiger partial charge in [-0.15, -0.1) is 0 Å². The van der Waals surface area contributed by atoms with E-state index in [4.69, 9.17) is 10.5 Å². The standard InChI is InChI=1S/C18H34N2O2/c1-2-22-16-14-15(18(16)11-7-5-8-12-18)20-17(21)10-6-3-4-9-13-19/h15-16H,2-14,19H2,1H3,(H,20,21). The summed E-state index contributed by atoms with van der Waals surface area (Å²) in [5.41, 5.74) is 5.73. The molecular weight excluding hydrogens is 276 g/mol. The van der Waals surface area contributed by atoms with E-state index in [9.17, 15) is 4.79 Å². The van der Waals surface area contributed by atoms with Crippen LogP contribution in [0, 0.1) is 5.41 Å². The number of nitrogens with one attached hydrogen (secondary N) is 1. The molecule has 1 amide bonds. The van der Waals surface area contributed by atoms with E-state index in [2.05, 4.69) is 12.2 Å². The second-order valence-electron chi connectivity index (χ2n) is 7.05. The molecule has 2 rings (SSSR count). The van der Waals surface area contributed by atoms with E-state index in [1.165, 1.54) is 32.1 Å². The number of hydrogen-bond donors (Lipinski definition) is 2. The van der Waals surface area contributed by atoms with Crippen LogP contribution in [0.2, 0.25) is 0 Å². The molecule has 2 saturated carbocycles. The third kappa shape index (κ3) is 4.23. The van der Waals surface area contributed by atoms with Crippen LogP contribution in [-0.2, 0) is 9.53 Å². The molecule has 2 atom stereocenters. The molecule has 0 bridgehead atoms. The van der Waals surface area contributed by atoms with Crippen molar-refractivity contribution in [1.82, 2.24) is 5.32 Å². The average molecular weight is 310 g/mol. The third-order valence-corrected chi connectivity index (χ3v) is 5.63. The highest BCUT2D eigenvalue weighted by Crippen LogP contribution is 2.53. The molecule has 0 radical (unpaired) electrons. The van der Waals surface area contributed by atoms with Gasteiger partial charge in [-0.3, -0.25) is 4.79 Å². The van der Waals surface area contributed by atoms with E-state index in [0.717, 1.165) is 45.3 Å². The van der Waals surface area contributed by atoms with Crippen LogP contribution < -0.4 is 11.1 Å². The van der Waals surface area contributed by atoms with Crippen LogP contribution in [0.1, 0.15) is 77.6 Å². The summed E-state index contributed by atoms with van der Waals surface area (Å²) in [4.78, 5) is 12.2. The first-order chi connectivity index (χ1) is 10.7. The first-order valence-corrected chi connectivity index (χ1v) is 9.34. The third-order valence-electron chi connectivity index (χ3n) is 5.63. The van der Waals surface area contributed by atoms with E-state index in [-0.39, 0.29) is 11.3 Å². The minimum Gasteiger partial charge on any atom is -0.378 e. The minimum absolute atomic E-state index is 0.234. The van der Waals surface area contributed by atoms with Crippen molar-refractivity contribution < 1.29 is 9.53 Å². The Balaban J connectivity index is 1.75. The fourth-order valence-corrected chi connectivity index (χ4v) is 4.32. The average Bonchev–Trinajstić information content (AvgIpc) is 2.54. The van der Waals surface area contributed by atoms with Crippen molar-refractivity contribution in [1.29, 1.82) is 0 Å². The Morgan fingerprint density at radius 2 is 1.91 bits per heavy atom. The number of carbonyl (C=O) groups is 1. The maximum Gasteiger partial charge on any atom is 0.220 e. The first kappa shape index (κ1) is 17.7. The molecule has 2 unspecified atom stereocenters. The van der Waals surface area contributed by atoms with Gasteiger partial charge in [0.25, 0.3) is 0 Å². The highest BCUT2D eigenvalue weighted by molar-refractivity contribution is 5.76. The second-order valence-corrected chi connectivity index (χ2v) is 7.05. The molecule has 0 aromatic rings. The molecule has 2 aliphatic carbocycles. The van der Waals surface area contributed by atoms with E-state index in [1.807, 2.05) is 0 Å². The summed E-state index contributed by atoms with van der Waals surface area (Å²) in [5.74, 6) is 0.234. The molecule has 0 aliphatic heterocycles. The highest BCUT2D eigenvalue weighted by Gasteiger charge is 2.55. The van der Waals surface area contributed by atoms with Crippen molar-refractivity contribution in [3.63, 3.8) is 0 Å². The molecule has 2 aliphatic rings. The number of carbonyl (C=O) groups excluding carboxylic acids is 1. The van der Waals surface area contributed by atoms with Gasteiger partial charge in [0.15, 0.2) is 0 Å². The number of ether oxygens (including phenoxy) is 1. The van der Waals surface area contributed by atoms with E-state index < -0.39 is 0 Å². The molecule has 4 heteroatoms. The van der Waals surface area contributed by atoms with Gasteiger partial charge in [-0.25, -0.2) is 0 Å². The summed E-state index contributed by atoms with van der Waals surface area (Å²) in [5, 5.41) is 3.31. The van der Waals surface area contributed by atoms with E-state index >= 15 is 0 Å². The van der Waals surface area contributed by atoms with Crippen LogP contribution >= 0.6 is 0 Å². The van der Waals surface area contributed by atoms with E-state index in [1.54, 1.807) is 0 Å². The van der Waals surface area contributed by atoms with Crippen molar-refractivity contribution >= 4 is 5.91 Å². The van der Waals surface area contributed by atoms with Crippen molar-refractivity contribution in [2.24, 2.45) is 11.1 Å². The number of hydrogen-bond acceptors (Lipinski definition) is 3. The number of unbranched alkanes of at least 4 members (excludes halogenated alkanes) is 3. The van der Waals surface area contributed by atoms with Crippen LogP contribution in [-0.4, -0.2) is 31.2 Å². The number of amides is 1. The summed E-state index contributed by atoms with van der Waals surface area (Å²) in [7, 11) is 0. The molecule has 128 valence electrons. The van der Waals surface area contributed by atoms with Crippen molar-refractivity contribution in [3.8, 4) is 0 Å². The molecule has 22 heavy (non-hydrogen) atoms. The van der Waals surface area contributed by atoms with E-state index in [0.29, 0.717) is 18.6 Å². The van der Waals surface area contributed by atoms with Crippen LogP contribution in [0.15, 0.2) is 0 Å². The smallest absolute Gasteiger partial charge is 0.220 e. The molecule has 0 heterocycles. The quantitative estimate of drug-likeness (QED) is 0.643. The lowest BCUT2D eigenvalue weighted by Crippen LogP contribution is -2.65. The molecule has 4 nitrogen and oxygen atoms in total. The summed E-state index contributed by atoms with van der Waals surface area (Å²) >= 11 is 0. The van der Waals surface area contributed by atoms with Gasteiger partial charge in [-0.1, -0.05) is 32.1 Å². The zero-order valence-corrected chi connectivity index (χ0v) is 14.2.